The highest BCUT2D eigenvalue weighted by molar-refractivity contribution is 5.28. The molecule has 1 unspecified atom stereocenters. The maximum Gasteiger partial charge on any atom is 0.0102 e. The van der Waals surface area contributed by atoms with Gasteiger partial charge in [-0.15, -0.1) is 0 Å². The van der Waals surface area contributed by atoms with Gasteiger partial charge in [0, 0.05) is 25.7 Å². The Hall–Kier alpha value is -0.860. The van der Waals surface area contributed by atoms with E-state index in [0.29, 0.717) is 11.5 Å². The van der Waals surface area contributed by atoms with Crippen molar-refractivity contribution in [3.63, 3.8) is 0 Å². The van der Waals surface area contributed by atoms with Crippen molar-refractivity contribution >= 4 is 0 Å². The van der Waals surface area contributed by atoms with Crippen LogP contribution in [0.1, 0.15) is 38.8 Å². The van der Waals surface area contributed by atoms with Gasteiger partial charge in [0.15, 0.2) is 0 Å². The summed E-state index contributed by atoms with van der Waals surface area (Å²) in [4.78, 5) is 2.65. The van der Waals surface area contributed by atoms with E-state index < -0.39 is 0 Å². The summed E-state index contributed by atoms with van der Waals surface area (Å²) in [6.45, 7) is 13.9. The van der Waals surface area contributed by atoms with Crippen molar-refractivity contribution in [1.82, 2.24) is 10.2 Å². The molecule has 0 aliphatic carbocycles. The van der Waals surface area contributed by atoms with Gasteiger partial charge in [-0.05, 0) is 42.9 Å². The van der Waals surface area contributed by atoms with Crippen molar-refractivity contribution in [2.24, 2.45) is 5.41 Å². The Bertz CT molecular complexity index is 398. The van der Waals surface area contributed by atoms with Crippen LogP contribution in [0.3, 0.4) is 0 Å². The van der Waals surface area contributed by atoms with Crippen LogP contribution in [0.4, 0.5) is 0 Å². The molecule has 112 valence electrons. The van der Waals surface area contributed by atoms with Crippen molar-refractivity contribution < 1.29 is 0 Å². The molecule has 2 rings (SSSR count). The molecule has 1 aromatic carbocycles. The largest absolute Gasteiger partial charge is 0.314 e. The molecule has 0 amide bonds. The Morgan fingerprint density at radius 1 is 1.15 bits per heavy atom. The van der Waals surface area contributed by atoms with E-state index in [1.807, 2.05) is 0 Å². The molecule has 1 heterocycles. The van der Waals surface area contributed by atoms with Crippen molar-refractivity contribution in [2.45, 2.75) is 46.6 Å². The van der Waals surface area contributed by atoms with E-state index in [1.165, 1.54) is 32.5 Å². The van der Waals surface area contributed by atoms with Gasteiger partial charge in [-0.25, -0.2) is 0 Å². The minimum Gasteiger partial charge on any atom is -0.314 e. The number of nitrogens with zero attached hydrogens (tertiary/aromatic N) is 1. The Balaban J connectivity index is 1.96. The number of hydrogen-bond acceptors (Lipinski definition) is 2. The second kappa shape index (κ2) is 6.73. The van der Waals surface area contributed by atoms with Gasteiger partial charge >= 0.3 is 0 Å². The minimum absolute atomic E-state index is 0.312. The number of nitrogens with one attached hydrogen (secondary N) is 1. The lowest BCUT2D eigenvalue weighted by Gasteiger charge is -2.37. The van der Waals surface area contributed by atoms with Crippen LogP contribution in [0.2, 0.25) is 0 Å². The van der Waals surface area contributed by atoms with Gasteiger partial charge in [0.05, 0.1) is 0 Å². The second-order valence-corrected chi connectivity index (χ2v) is 6.81. The molecule has 0 radical (unpaired) electrons. The molecule has 1 aliphatic rings. The maximum absolute atomic E-state index is 3.58. The average Bonchev–Trinajstić information content (AvgIpc) is 2.62. The lowest BCUT2D eigenvalue weighted by molar-refractivity contribution is 0.147. The molecule has 20 heavy (non-hydrogen) atoms. The summed E-state index contributed by atoms with van der Waals surface area (Å²) >= 11 is 0. The zero-order valence-electron chi connectivity index (χ0n) is 13.6. The molecule has 1 atom stereocenters. The molecule has 1 N–H and O–H groups in total. The summed E-state index contributed by atoms with van der Waals surface area (Å²) in [5.74, 6) is 0. The summed E-state index contributed by atoms with van der Waals surface area (Å²) in [6.07, 6.45) is 2.39. The van der Waals surface area contributed by atoms with Crippen LogP contribution >= 0.6 is 0 Å². The Labute approximate surface area is 124 Å². The fourth-order valence-corrected chi connectivity index (χ4v) is 3.17. The summed E-state index contributed by atoms with van der Waals surface area (Å²) in [5, 5.41) is 3.58. The van der Waals surface area contributed by atoms with Crippen LogP contribution in [0.5, 0.6) is 0 Å². The molecule has 0 aromatic heterocycles. The van der Waals surface area contributed by atoms with Crippen LogP contribution < -0.4 is 5.32 Å². The molecule has 2 nitrogen and oxygen atoms in total. The topological polar surface area (TPSA) is 15.3 Å². The number of hydrogen-bond donors (Lipinski definition) is 1. The third-order valence-electron chi connectivity index (χ3n) is 4.83. The maximum atomic E-state index is 3.58. The quantitative estimate of drug-likeness (QED) is 0.887. The summed E-state index contributed by atoms with van der Waals surface area (Å²) in [6, 6.07) is 9.49. The molecule has 0 bridgehead atoms. The normalized spacial score (nSPS) is 18.4. The van der Waals surface area contributed by atoms with Crippen LogP contribution in [-0.4, -0.2) is 37.1 Å². The van der Waals surface area contributed by atoms with Crippen molar-refractivity contribution in [1.29, 1.82) is 0 Å². The first kappa shape index (κ1) is 15.5. The third kappa shape index (κ3) is 3.83. The minimum atomic E-state index is 0.312. The highest BCUT2D eigenvalue weighted by Gasteiger charge is 2.28. The molecule has 0 spiro atoms. The fourth-order valence-electron chi connectivity index (χ4n) is 3.17. The average molecular weight is 274 g/mol. The van der Waals surface area contributed by atoms with E-state index in [2.05, 4.69) is 62.2 Å². The van der Waals surface area contributed by atoms with Crippen LogP contribution in [-0.2, 0) is 12.8 Å². The number of rotatable bonds is 5. The van der Waals surface area contributed by atoms with Crippen LogP contribution in [0, 0.1) is 5.41 Å². The van der Waals surface area contributed by atoms with Crippen molar-refractivity contribution in [2.75, 3.05) is 26.2 Å². The van der Waals surface area contributed by atoms with Gasteiger partial charge < -0.3 is 10.2 Å². The van der Waals surface area contributed by atoms with Gasteiger partial charge in [0.25, 0.3) is 0 Å². The summed E-state index contributed by atoms with van der Waals surface area (Å²) < 4.78 is 0. The van der Waals surface area contributed by atoms with E-state index in [1.54, 1.807) is 11.1 Å². The predicted molar refractivity (Wildman–Crippen MR) is 87.2 cm³/mol. The summed E-state index contributed by atoms with van der Waals surface area (Å²) in [7, 11) is 0. The molecule has 1 aromatic rings. The van der Waals surface area contributed by atoms with Gasteiger partial charge in [0.2, 0.25) is 0 Å². The molecule has 0 saturated heterocycles. The van der Waals surface area contributed by atoms with Crippen molar-refractivity contribution in [3.8, 4) is 0 Å². The number of benzene rings is 1. The smallest absolute Gasteiger partial charge is 0.0102 e. The molecule has 1 aliphatic heterocycles. The summed E-state index contributed by atoms with van der Waals surface area (Å²) in [5.41, 5.74) is 3.41. The molecular formula is C18H30N2. The lowest BCUT2D eigenvalue weighted by Crippen LogP contribution is -2.47. The molecular weight excluding hydrogens is 244 g/mol. The van der Waals surface area contributed by atoms with Gasteiger partial charge in [-0.1, -0.05) is 45.0 Å². The van der Waals surface area contributed by atoms with Crippen LogP contribution in [0.15, 0.2) is 24.3 Å². The van der Waals surface area contributed by atoms with Crippen molar-refractivity contribution in [3.05, 3.63) is 35.4 Å². The number of fused-ring (bicyclic) bond motifs is 1. The second-order valence-electron chi connectivity index (χ2n) is 6.81. The zero-order chi connectivity index (χ0) is 14.6. The highest BCUT2D eigenvalue weighted by atomic mass is 15.1. The third-order valence-corrected chi connectivity index (χ3v) is 4.83. The van der Waals surface area contributed by atoms with E-state index in [4.69, 9.17) is 0 Å². The first-order chi connectivity index (χ1) is 9.53. The lowest BCUT2D eigenvalue weighted by atomic mass is 9.84. The van der Waals surface area contributed by atoms with E-state index in [-0.39, 0.29) is 0 Å². The predicted octanol–water partition coefficient (Wildman–Crippen LogP) is 3.11. The monoisotopic (exact) mass is 274 g/mol. The van der Waals surface area contributed by atoms with E-state index in [9.17, 15) is 0 Å². The standard InChI is InChI=1S/C18H30N2/c1-5-19-15(2)18(3,4)14-20-12-10-16-8-6-7-9-17(16)11-13-20/h6-9,15,19H,5,10-14H2,1-4H3. The van der Waals surface area contributed by atoms with Crippen LogP contribution in [0.25, 0.3) is 0 Å². The highest BCUT2D eigenvalue weighted by Crippen LogP contribution is 2.24. The van der Waals surface area contributed by atoms with E-state index in [0.717, 1.165) is 6.54 Å². The Morgan fingerprint density at radius 2 is 1.70 bits per heavy atom. The van der Waals surface area contributed by atoms with Gasteiger partial charge in [-0.3, -0.25) is 0 Å². The van der Waals surface area contributed by atoms with Gasteiger partial charge in [-0.2, -0.15) is 0 Å². The first-order valence-electron chi connectivity index (χ1n) is 8.05. The van der Waals surface area contributed by atoms with Gasteiger partial charge in [0.1, 0.15) is 0 Å². The molecule has 0 fully saturated rings. The zero-order valence-corrected chi connectivity index (χ0v) is 13.6. The fraction of sp³-hybridized carbons (Fsp3) is 0.667. The first-order valence-corrected chi connectivity index (χ1v) is 8.05. The SMILES string of the molecule is CCNC(C)C(C)(C)CN1CCc2ccccc2CC1. The molecule has 0 saturated carbocycles. The van der Waals surface area contributed by atoms with E-state index >= 15 is 0 Å². The Morgan fingerprint density at radius 3 is 2.20 bits per heavy atom. The Kier molecular flexibility index (Phi) is 5.22. The molecule has 2 heteroatoms.